The van der Waals surface area contributed by atoms with Crippen LogP contribution in [-0.4, -0.2) is 14.9 Å². The fourth-order valence-electron chi connectivity index (χ4n) is 1.41. The van der Waals surface area contributed by atoms with Crippen LogP contribution in [0.25, 0.3) is 0 Å². The zero-order chi connectivity index (χ0) is 8.77. The lowest BCUT2D eigenvalue weighted by atomic mass is 9.88. The molecule has 0 spiro atoms. The van der Waals surface area contributed by atoms with Crippen LogP contribution in [0.1, 0.15) is 25.0 Å². The van der Waals surface area contributed by atoms with E-state index in [4.69, 9.17) is 5.73 Å². The Labute approximate surface area is 71.0 Å². The van der Waals surface area contributed by atoms with Gasteiger partial charge in [-0.25, -0.2) is 4.68 Å². The first kappa shape index (κ1) is 7.61. The molecule has 3 N–H and O–H groups in total. The van der Waals surface area contributed by atoms with Crippen LogP contribution in [-0.2, 0) is 5.72 Å². The molecule has 0 saturated heterocycles. The predicted molar refractivity (Wildman–Crippen MR) is 45.4 cm³/mol. The van der Waals surface area contributed by atoms with Gasteiger partial charge in [0.15, 0.2) is 5.72 Å². The molecule has 1 fully saturated rings. The second kappa shape index (κ2) is 2.23. The maximum atomic E-state index is 9.86. The quantitative estimate of drug-likeness (QED) is 0.643. The number of hydrogen-bond acceptors (Lipinski definition) is 3. The average Bonchev–Trinajstić information content (AvgIpc) is 2.28. The molecule has 12 heavy (non-hydrogen) atoms. The molecule has 0 radical (unpaired) electrons. The van der Waals surface area contributed by atoms with Gasteiger partial charge in [-0.1, -0.05) is 0 Å². The minimum absolute atomic E-state index is 0.648. The van der Waals surface area contributed by atoms with Gasteiger partial charge >= 0.3 is 0 Å². The van der Waals surface area contributed by atoms with E-state index < -0.39 is 5.72 Å². The van der Waals surface area contributed by atoms with Crippen molar-refractivity contribution in [1.29, 1.82) is 0 Å². The average molecular weight is 167 g/mol. The predicted octanol–water partition coefficient (Wildman–Crippen LogP) is 0.603. The number of nitrogen functional groups attached to an aromatic ring is 1. The molecule has 0 aliphatic heterocycles. The fourth-order valence-corrected chi connectivity index (χ4v) is 1.41. The Morgan fingerprint density at radius 2 is 2.33 bits per heavy atom. The third-order valence-corrected chi connectivity index (χ3v) is 2.52. The summed E-state index contributed by atoms with van der Waals surface area (Å²) in [6, 6.07) is 0. The van der Waals surface area contributed by atoms with Gasteiger partial charge in [-0.3, -0.25) is 0 Å². The topological polar surface area (TPSA) is 64.1 Å². The Kier molecular flexibility index (Phi) is 1.41. The summed E-state index contributed by atoms with van der Waals surface area (Å²) in [6.45, 7) is 1.84. The number of nitrogens with zero attached hydrogens (tertiary/aromatic N) is 2. The van der Waals surface area contributed by atoms with Crippen molar-refractivity contribution in [3.63, 3.8) is 0 Å². The summed E-state index contributed by atoms with van der Waals surface area (Å²) in [5.41, 5.74) is 6.31. The molecule has 1 saturated carbocycles. The van der Waals surface area contributed by atoms with Gasteiger partial charge in [-0.05, 0) is 26.2 Å². The van der Waals surface area contributed by atoms with Crippen molar-refractivity contribution in [2.24, 2.45) is 0 Å². The molecule has 66 valence electrons. The van der Waals surface area contributed by atoms with E-state index in [2.05, 4.69) is 5.10 Å². The highest BCUT2D eigenvalue weighted by Gasteiger charge is 2.37. The molecule has 1 aliphatic rings. The number of aromatic nitrogens is 2. The van der Waals surface area contributed by atoms with E-state index >= 15 is 0 Å². The monoisotopic (exact) mass is 167 g/mol. The van der Waals surface area contributed by atoms with Crippen LogP contribution >= 0.6 is 0 Å². The smallest absolute Gasteiger partial charge is 0.157 e. The van der Waals surface area contributed by atoms with Crippen molar-refractivity contribution >= 4 is 5.69 Å². The standard InChI is InChI=1S/C8H13N3O/c1-6-7(9)5-11(10-6)8(12)3-2-4-8/h5,12H,2-4,9H2,1H3. The van der Waals surface area contributed by atoms with Crippen LogP contribution in [0.3, 0.4) is 0 Å². The summed E-state index contributed by atoms with van der Waals surface area (Å²) in [5, 5.41) is 14.0. The minimum Gasteiger partial charge on any atom is -0.396 e. The van der Waals surface area contributed by atoms with Crippen molar-refractivity contribution in [3.8, 4) is 0 Å². The second-order valence-electron chi connectivity index (χ2n) is 3.45. The largest absolute Gasteiger partial charge is 0.396 e. The summed E-state index contributed by atoms with van der Waals surface area (Å²) in [6.07, 6.45) is 4.34. The van der Waals surface area contributed by atoms with E-state index in [-0.39, 0.29) is 0 Å². The van der Waals surface area contributed by atoms with Crippen LogP contribution in [0.15, 0.2) is 6.20 Å². The van der Waals surface area contributed by atoms with Crippen LogP contribution in [0.4, 0.5) is 5.69 Å². The van der Waals surface area contributed by atoms with Gasteiger partial charge in [0, 0.05) is 0 Å². The Bertz CT molecular complexity index is 282. The van der Waals surface area contributed by atoms with Crippen LogP contribution in [0.2, 0.25) is 0 Å². The van der Waals surface area contributed by atoms with Crippen molar-refractivity contribution in [2.75, 3.05) is 5.73 Å². The number of rotatable bonds is 1. The summed E-state index contributed by atoms with van der Waals surface area (Å²) >= 11 is 0. The number of anilines is 1. The summed E-state index contributed by atoms with van der Waals surface area (Å²) in [5.74, 6) is 0. The van der Waals surface area contributed by atoms with Gasteiger partial charge in [0.2, 0.25) is 0 Å². The number of aryl methyl sites for hydroxylation is 1. The Balaban J connectivity index is 2.34. The Morgan fingerprint density at radius 3 is 2.67 bits per heavy atom. The molecule has 1 aromatic heterocycles. The highest BCUT2D eigenvalue weighted by Crippen LogP contribution is 2.36. The van der Waals surface area contributed by atoms with Crippen molar-refractivity contribution in [3.05, 3.63) is 11.9 Å². The maximum absolute atomic E-state index is 9.86. The second-order valence-corrected chi connectivity index (χ2v) is 3.45. The van der Waals surface area contributed by atoms with E-state index in [9.17, 15) is 5.11 Å². The van der Waals surface area contributed by atoms with E-state index in [0.717, 1.165) is 25.0 Å². The normalized spacial score (nSPS) is 20.5. The Hall–Kier alpha value is -1.03. The zero-order valence-electron chi connectivity index (χ0n) is 7.12. The summed E-state index contributed by atoms with van der Waals surface area (Å²) in [7, 11) is 0. The lowest BCUT2D eigenvalue weighted by molar-refractivity contribution is -0.116. The van der Waals surface area contributed by atoms with Crippen LogP contribution in [0.5, 0.6) is 0 Å². The molecule has 0 atom stereocenters. The molecular formula is C8H13N3O. The lowest BCUT2D eigenvalue weighted by Gasteiger charge is -2.36. The first-order valence-electron chi connectivity index (χ1n) is 4.16. The van der Waals surface area contributed by atoms with Crippen molar-refractivity contribution in [2.45, 2.75) is 31.9 Å². The van der Waals surface area contributed by atoms with Gasteiger partial charge in [0.25, 0.3) is 0 Å². The van der Waals surface area contributed by atoms with E-state index in [1.807, 2.05) is 6.92 Å². The fraction of sp³-hybridized carbons (Fsp3) is 0.625. The molecule has 0 aromatic carbocycles. The zero-order valence-corrected chi connectivity index (χ0v) is 7.12. The number of hydrogen-bond donors (Lipinski definition) is 2. The molecule has 1 heterocycles. The molecular weight excluding hydrogens is 154 g/mol. The van der Waals surface area contributed by atoms with E-state index in [0.29, 0.717) is 5.69 Å². The number of aliphatic hydroxyl groups is 1. The molecule has 4 nitrogen and oxygen atoms in total. The molecule has 0 unspecified atom stereocenters. The first-order chi connectivity index (χ1) is 5.62. The highest BCUT2D eigenvalue weighted by atomic mass is 16.3. The maximum Gasteiger partial charge on any atom is 0.157 e. The molecule has 4 heteroatoms. The third-order valence-electron chi connectivity index (χ3n) is 2.52. The van der Waals surface area contributed by atoms with Crippen LogP contribution in [0, 0.1) is 6.92 Å². The van der Waals surface area contributed by atoms with Crippen molar-refractivity contribution < 1.29 is 5.11 Å². The van der Waals surface area contributed by atoms with E-state index in [1.54, 1.807) is 10.9 Å². The number of nitrogens with two attached hydrogens (primary N) is 1. The summed E-state index contributed by atoms with van der Waals surface area (Å²) < 4.78 is 1.58. The van der Waals surface area contributed by atoms with E-state index in [1.165, 1.54) is 0 Å². The van der Waals surface area contributed by atoms with Gasteiger partial charge < -0.3 is 10.8 Å². The SMILES string of the molecule is Cc1nn(C2(O)CCC2)cc1N. The van der Waals surface area contributed by atoms with Gasteiger partial charge in [0.1, 0.15) is 0 Å². The van der Waals surface area contributed by atoms with Crippen molar-refractivity contribution in [1.82, 2.24) is 9.78 Å². The highest BCUT2D eigenvalue weighted by molar-refractivity contribution is 5.39. The van der Waals surface area contributed by atoms with Gasteiger partial charge in [0.05, 0.1) is 17.6 Å². The van der Waals surface area contributed by atoms with Gasteiger partial charge in [-0.15, -0.1) is 0 Å². The Morgan fingerprint density at radius 1 is 1.67 bits per heavy atom. The molecule has 1 aliphatic carbocycles. The molecule has 0 amide bonds. The summed E-state index contributed by atoms with van der Waals surface area (Å²) in [4.78, 5) is 0. The molecule has 1 aromatic rings. The van der Waals surface area contributed by atoms with Gasteiger partial charge in [-0.2, -0.15) is 5.10 Å². The molecule has 0 bridgehead atoms. The molecule has 2 rings (SSSR count). The first-order valence-corrected chi connectivity index (χ1v) is 4.16. The third kappa shape index (κ3) is 0.914. The van der Waals surface area contributed by atoms with Crippen LogP contribution < -0.4 is 5.73 Å². The minimum atomic E-state index is -0.748. The lowest BCUT2D eigenvalue weighted by Crippen LogP contribution is -2.40.